The van der Waals surface area contributed by atoms with Gasteiger partial charge >= 0.3 is 0 Å². The van der Waals surface area contributed by atoms with E-state index in [4.69, 9.17) is 11.6 Å². The lowest BCUT2D eigenvalue weighted by molar-refractivity contribution is 0.102. The average Bonchev–Trinajstić information content (AvgIpc) is 3.10. The third-order valence-corrected chi connectivity index (χ3v) is 6.95. The van der Waals surface area contributed by atoms with Crippen LogP contribution in [0.5, 0.6) is 0 Å². The number of hydrogen-bond acceptors (Lipinski definition) is 3. The van der Waals surface area contributed by atoms with Gasteiger partial charge in [0.1, 0.15) is 0 Å². The Kier molecular flexibility index (Phi) is 5.52. The van der Waals surface area contributed by atoms with E-state index in [1.807, 2.05) is 54.6 Å². The van der Waals surface area contributed by atoms with Crippen molar-refractivity contribution in [2.24, 2.45) is 0 Å². The van der Waals surface area contributed by atoms with Gasteiger partial charge < -0.3 is 0 Å². The van der Waals surface area contributed by atoms with Gasteiger partial charge in [-0.05, 0) is 11.6 Å². The van der Waals surface area contributed by atoms with Crippen LogP contribution in [-0.2, 0) is 0 Å². The van der Waals surface area contributed by atoms with Crippen molar-refractivity contribution in [2.45, 2.75) is 12.8 Å². The lowest BCUT2D eigenvalue weighted by Crippen LogP contribution is -2.12. The van der Waals surface area contributed by atoms with Crippen LogP contribution in [0.1, 0.15) is 28.8 Å². The predicted octanol–water partition coefficient (Wildman–Crippen LogP) is 6.02. The molecule has 0 spiro atoms. The summed E-state index contributed by atoms with van der Waals surface area (Å²) in [6.07, 6.45) is 0. The summed E-state index contributed by atoms with van der Waals surface area (Å²) >= 11 is 9.94. The highest BCUT2D eigenvalue weighted by atomic mass is 35.5. The number of carbonyl (C=O) groups excluding carboxylic acids is 1. The lowest BCUT2D eigenvalue weighted by Gasteiger charge is -2.19. The van der Waals surface area contributed by atoms with E-state index in [1.54, 1.807) is 23.5 Å². The summed E-state index contributed by atoms with van der Waals surface area (Å²) in [6.45, 7) is 2.07. The second-order valence-electron chi connectivity index (χ2n) is 5.34. The van der Waals surface area contributed by atoms with Crippen molar-refractivity contribution in [2.75, 3.05) is 11.5 Å². The standard InChI is InChI=1S/C19H17ClOS2/c1-13(15-9-5-6-10-16(15)20)17(19-22-11-12-23-19)18(21)14-7-3-2-4-8-14/h2-10,13H,11-12H2,1H3. The van der Waals surface area contributed by atoms with E-state index in [0.717, 1.165) is 32.4 Å². The normalized spacial score (nSPS) is 15.5. The number of rotatable bonds is 4. The highest BCUT2D eigenvalue weighted by Gasteiger charge is 2.27. The third-order valence-electron chi connectivity index (χ3n) is 3.85. The molecule has 3 rings (SSSR count). The fourth-order valence-electron chi connectivity index (χ4n) is 2.66. The largest absolute Gasteiger partial charge is 0.289 e. The van der Waals surface area contributed by atoms with Crippen LogP contribution in [-0.4, -0.2) is 17.3 Å². The van der Waals surface area contributed by atoms with Gasteiger partial charge in [0, 0.05) is 37.8 Å². The zero-order valence-electron chi connectivity index (χ0n) is 12.8. The monoisotopic (exact) mass is 360 g/mol. The Bertz CT molecular complexity index is 732. The van der Waals surface area contributed by atoms with Crippen LogP contribution < -0.4 is 0 Å². The van der Waals surface area contributed by atoms with Crippen molar-refractivity contribution in [1.29, 1.82) is 0 Å². The molecule has 0 amide bonds. The Morgan fingerprint density at radius 2 is 1.61 bits per heavy atom. The Labute approximate surface area is 150 Å². The van der Waals surface area contributed by atoms with E-state index in [2.05, 4.69) is 6.92 Å². The number of ketones is 1. The first-order valence-corrected chi connectivity index (χ1v) is 9.87. The molecule has 0 aromatic heterocycles. The summed E-state index contributed by atoms with van der Waals surface area (Å²) in [5.74, 6) is 2.20. The molecule has 1 heterocycles. The Morgan fingerprint density at radius 3 is 2.26 bits per heavy atom. The summed E-state index contributed by atoms with van der Waals surface area (Å²) in [4.78, 5) is 13.1. The fraction of sp³-hybridized carbons (Fsp3) is 0.211. The number of carbonyl (C=O) groups is 1. The van der Waals surface area contributed by atoms with Crippen LogP contribution in [0.25, 0.3) is 0 Å². The zero-order chi connectivity index (χ0) is 16.2. The first kappa shape index (κ1) is 16.7. The minimum absolute atomic E-state index is 0.0236. The van der Waals surface area contributed by atoms with Crippen LogP contribution in [0.4, 0.5) is 0 Å². The molecule has 4 heteroatoms. The van der Waals surface area contributed by atoms with E-state index < -0.39 is 0 Å². The zero-order valence-corrected chi connectivity index (χ0v) is 15.2. The van der Waals surface area contributed by atoms with E-state index in [-0.39, 0.29) is 11.7 Å². The van der Waals surface area contributed by atoms with Gasteiger partial charge in [0.15, 0.2) is 5.78 Å². The first-order chi connectivity index (χ1) is 11.2. The van der Waals surface area contributed by atoms with E-state index in [0.29, 0.717) is 5.02 Å². The molecule has 0 aliphatic carbocycles. The van der Waals surface area contributed by atoms with Gasteiger partial charge in [-0.2, -0.15) is 0 Å². The van der Waals surface area contributed by atoms with Crippen LogP contribution >= 0.6 is 35.1 Å². The van der Waals surface area contributed by atoms with Crippen LogP contribution in [0.2, 0.25) is 5.02 Å². The molecular weight excluding hydrogens is 344 g/mol. The molecule has 0 bridgehead atoms. The summed E-state index contributed by atoms with van der Waals surface area (Å²) in [6, 6.07) is 17.3. The number of allylic oxidation sites excluding steroid dienone is 1. The Morgan fingerprint density at radius 1 is 1.00 bits per heavy atom. The average molecular weight is 361 g/mol. The second kappa shape index (κ2) is 7.61. The predicted molar refractivity (Wildman–Crippen MR) is 103 cm³/mol. The minimum atomic E-state index is -0.0236. The highest BCUT2D eigenvalue weighted by molar-refractivity contribution is 8.25. The lowest BCUT2D eigenvalue weighted by atomic mass is 9.89. The molecular formula is C19H17ClOS2. The molecule has 118 valence electrons. The summed E-state index contributed by atoms with van der Waals surface area (Å²) in [5, 5.41) is 0.715. The molecule has 0 saturated carbocycles. The third kappa shape index (κ3) is 3.68. The Hall–Kier alpha value is -1.16. The number of Topliss-reactive ketones (excluding diaryl/α,β-unsaturated/α-hetero) is 1. The molecule has 1 aliphatic heterocycles. The van der Waals surface area contributed by atoms with Crippen molar-refractivity contribution in [1.82, 2.24) is 0 Å². The van der Waals surface area contributed by atoms with Crippen LogP contribution in [0.3, 0.4) is 0 Å². The van der Waals surface area contributed by atoms with Gasteiger partial charge in [-0.25, -0.2) is 0 Å². The maximum absolute atomic E-state index is 13.1. The van der Waals surface area contributed by atoms with Crippen LogP contribution in [0, 0.1) is 0 Å². The summed E-state index contributed by atoms with van der Waals surface area (Å²) in [7, 11) is 0. The fourth-order valence-corrected chi connectivity index (χ4v) is 5.68. The van der Waals surface area contributed by atoms with Gasteiger partial charge in [-0.15, -0.1) is 23.5 Å². The van der Waals surface area contributed by atoms with Gasteiger partial charge in [0.2, 0.25) is 0 Å². The molecule has 0 N–H and O–H groups in total. The van der Waals surface area contributed by atoms with Crippen molar-refractivity contribution in [3.63, 3.8) is 0 Å². The molecule has 23 heavy (non-hydrogen) atoms. The molecule has 1 nitrogen and oxygen atoms in total. The molecule has 2 aromatic rings. The molecule has 1 aliphatic rings. The number of halogens is 1. The topological polar surface area (TPSA) is 17.1 Å². The van der Waals surface area contributed by atoms with Crippen molar-refractivity contribution < 1.29 is 4.79 Å². The smallest absolute Gasteiger partial charge is 0.191 e. The van der Waals surface area contributed by atoms with Crippen LogP contribution in [0.15, 0.2) is 64.4 Å². The molecule has 1 atom stereocenters. The molecule has 1 fully saturated rings. The van der Waals surface area contributed by atoms with E-state index in [9.17, 15) is 4.79 Å². The number of benzene rings is 2. The highest BCUT2D eigenvalue weighted by Crippen LogP contribution is 2.44. The quantitative estimate of drug-likeness (QED) is 0.490. The molecule has 1 unspecified atom stereocenters. The maximum atomic E-state index is 13.1. The maximum Gasteiger partial charge on any atom is 0.191 e. The van der Waals surface area contributed by atoms with Gasteiger partial charge in [-0.3, -0.25) is 4.79 Å². The van der Waals surface area contributed by atoms with E-state index in [1.165, 1.54) is 0 Å². The van der Waals surface area contributed by atoms with Gasteiger partial charge in [0.05, 0.1) is 0 Å². The van der Waals surface area contributed by atoms with Crippen molar-refractivity contribution in [3.05, 3.63) is 80.6 Å². The van der Waals surface area contributed by atoms with Gasteiger partial charge in [0.25, 0.3) is 0 Å². The summed E-state index contributed by atoms with van der Waals surface area (Å²) in [5.41, 5.74) is 2.62. The minimum Gasteiger partial charge on any atom is -0.289 e. The van der Waals surface area contributed by atoms with Gasteiger partial charge in [-0.1, -0.05) is 67.1 Å². The SMILES string of the molecule is CC(C(C(=O)c1ccccc1)=C1SCCS1)c1ccccc1Cl. The molecule has 2 aromatic carbocycles. The first-order valence-electron chi connectivity index (χ1n) is 7.52. The number of thioether (sulfide) groups is 2. The van der Waals surface area contributed by atoms with Crippen molar-refractivity contribution in [3.8, 4) is 0 Å². The molecule has 0 radical (unpaired) electrons. The molecule has 1 saturated heterocycles. The van der Waals surface area contributed by atoms with E-state index >= 15 is 0 Å². The second-order valence-corrected chi connectivity index (χ2v) is 8.21. The van der Waals surface area contributed by atoms with Crippen molar-refractivity contribution >= 4 is 40.9 Å². The number of hydrogen-bond donors (Lipinski definition) is 0. The summed E-state index contributed by atoms with van der Waals surface area (Å²) < 4.78 is 1.14. The Balaban J connectivity index is 2.06.